The summed E-state index contributed by atoms with van der Waals surface area (Å²) in [6.45, 7) is 2.40. The second-order valence-electron chi connectivity index (χ2n) is 6.11. The monoisotopic (exact) mass is 330 g/mol. The second kappa shape index (κ2) is 7.07. The zero-order chi connectivity index (χ0) is 17.1. The third-order valence-electron chi connectivity index (χ3n) is 4.65. The van der Waals surface area contributed by atoms with E-state index >= 15 is 0 Å². The van der Waals surface area contributed by atoms with Gasteiger partial charge in [-0.2, -0.15) is 0 Å². The molecule has 126 valence electrons. The lowest BCUT2D eigenvalue weighted by Gasteiger charge is -2.36. The highest BCUT2D eigenvalue weighted by Gasteiger charge is 2.34. The smallest absolute Gasteiger partial charge is 0.226 e. The molecule has 0 spiro atoms. The van der Waals surface area contributed by atoms with E-state index in [0.29, 0.717) is 12.1 Å². The maximum atomic E-state index is 13.8. The summed E-state index contributed by atoms with van der Waals surface area (Å²) in [6, 6.07) is 6.98. The number of nitrogens with zero attached hydrogens (tertiary/aromatic N) is 2. The molecule has 1 aromatic heterocycles. The topological polar surface area (TPSA) is 33.2 Å². The van der Waals surface area contributed by atoms with E-state index in [1.54, 1.807) is 23.4 Å². The predicted molar refractivity (Wildman–Crippen MR) is 87.2 cm³/mol. The van der Waals surface area contributed by atoms with Crippen molar-refractivity contribution in [3.63, 3.8) is 0 Å². The van der Waals surface area contributed by atoms with E-state index in [-0.39, 0.29) is 11.8 Å². The first-order chi connectivity index (χ1) is 11.6. The molecule has 5 heteroatoms. The van der Waals surface area contributed by atoms with Gasteiger partial charge in [0, 0.05) is 24.9 Å². The Morgan fingerprint density at radius 1 is 1.25 bits per heavy atom. The number of halogens is 2. The maximum Gasteiger partial charge on any atom is 0.226 e. The average molecular weight is 330 g/mol. The molecule has 1 amide bonds. The highest BCUT2D eigenvalue weighted by molar-refractivity contribution is 5.80. The van der Waals surface area contributed by atoms with Crippen LogP contribution in [0, 0.1) is 17.6 Å². The Bertz CT molecular complexity index is 717. The Morgan fingerprint density at radius 2 is 2.04 bits per heavy atom. The van der Waals surface area contributed by atoms with E-state index in [4.69, 9.17) is 0 Å². The van der Waals surface area contributed by atoms with Crippen LogP contribution in [0.4, 0.5) is 8.78 Å². The molecular weight excluding hydrogens is 310 g/mol. The number of hydrogen-bond acceptors (Lipinski definition) is 2. The Morgan fingerprint density at radius 3 is 2.58 bits per heavy atom. The average Bonchev–Trinajstić information content (AvgIpc) is 2.54. The summed E-state index contributed by atoms with van der Waals surface area (Å²) in [5.74, 6) is -1.69. The van der Waals surface area contributed by atoms with Crippen molar-refractivity contribution in [2.75, 3.05) is 6.54 Å². The van der Waals surface area contributed by atoms with Crippen molar-refractivity contribution in [2.24, 2.45) is 5.92 Å². The van der Waals surface area contributed by atoms with Crippen LogP contribution in [-0.2, 0) is 4.79 Å². The molecule has 1 atom stereocenters. The standard InChI is InChI=1S/C19H20F2N2O/c1-2-23(19(24)13-5-3-6-13)18(15-7-4-10-22-12-15)14-8-9-16(20)17(21)11-14/h4,7-13,18H,2-3,5-6H2,1H3. The van der Waals surface area contributed by atoms with Crippen LogP contribution in [0.15, 0.2) is 42.7 Å². The normalized spacial score (nSPS) is 15.6. The van der Waals surface area contributed by atoms with Gasteiger partial charge in [0.2, 0.25) is 5.91 Å². The maximum absolute atomic E-state index is 13.8. The fraction of sp³-hybridized carbons (Fsp3) is 0.368. The number of carbonyl (C=O) groups excluding carboxylic acids is 1. The molecule has 0 aliphatic heterocycles. The van der Waals surface area contributed by atoms with Crippen molar-refractivity contribution < 1.29 is 13.6 Å². The minimum atomic E-state index is -0.909. The minimum Gasteiger partial charge on any atom is -0.332 e. The van der Waals surface area contributed by atoms with Crippen LogP contribution in [0.1, 0.15) is 43.4 Å². The first-order valence-corrected chi connectivity index (χ1v) is 8.27. The molecule has 1 heterocycles. The number of aromatic nitrogens is 1. The molecule has 1 aliphatic carbocycles. The van der Waals surface area contributed by atoms with Gasteiger partial charge in [0.05, 0.1) is 6.04 Å². The Balaban J connectivity index is 2.03. The Hall–Kier alpha value is -2.30. The highest BCUT2D eigenvalue weighted by Crippen LogP contribution is 2.34. The summed E-state index contributed by atoms with van der Waals surface area (Å²) in [5, 5.41) is 0. The zero-order valence-electron chi connectivity index (χ0n) is 13.6. The quantitative estimate of drug-likeness (QED) is 0.827. The van der Waals surface area contributed by atoms with Gasteiger partial charge in [0.25, 0.3) is 0 Å². The largest absolute Gasteiger partial charge is 0.332 e. The van der Waals surface area contributed by atoms with Crippen LogP contribution < -0.4 is 0 Å². The van der Waals surface area contributed by atoms with E-state index in [2.05, 4.69) is 4.98 Å². The number of pyridine rings is 1. The van der Waals surface area contributed by atoms with Crippen molar-refractivity contribution in [1.82, 2.24) is 9.88 Å². The summed E-state index contributed by atoms with van der Waals surface area (Å²) < 4.78 is 27.1. The zero-order valence-corrected chi connectivity index (χ0v) is 13.6. The fourth-order valence-electron chi connectivity index (χ4n) is 3.13. The molecule has 1 saturated carbocycles. The number of rotatable bonds is 5. The minimum absolute atomic E-state index is 0.0365. The Labute approximate surface area is 140 Å². The molecule has 1 fully saturated rings. The first kappa shape index (κ1) is 16.6. The van der Waals surface area contributed by atoms with Crippen molar-refractivity contribution in [2.45, 2.75) is 32.2 Å². The third-order valence-corrected chi connectivity index (χ3v) is 4.65. The van der Waals surface area contributed by atoms with Gasteiger partial charge >= 0.3 is 0 Å². The van der Waals surface area contributed by atoms with Crippen LogP contribution >= 0.6 is 0 Å². The van der Waals surface area contributed by atoms with Gasteiger partial charge in [-0.05, 0) is 49.1 Å². The lowest BCUT2D eigenvalue weighted by Crippen LogP contribution is -2.41. The van der Waals surface area contributed by atoms with Crippen molar-refractivity contribution in [3.8, 4) is 0 Å². The number of carbonyl (C=O) groups is 1. The van der Waals surface area contributed by atoms with E-state index < -0.39 is 17.7 Å². The van der Waals surface area contributed by atoms with Gasteiger partial charge in [-0.1, -0.05) is 18.6 Å². The van der Waals surface area contributed by atoms with Crippen molar-refractivity contribution in [3.05, 3.63) is 65.5 Å². The van der Waals surface area contributed by atoms with E-state index in [1.165, 1.54) is 12.1 Å². The highest BCUT2D eigenvalue weighted by atomic mass is 19.2. The van der Waals surface area contributed by atoms with Crippen LogP contribution in [0.25, 0.3) is 0 Å². The molecule has 1 aromatic carbocycles. The van der Waals surface area contributed by atoms with E-state index in [0.717, 1.165) is 30.9 Å². The molecule has 2 aromatic rings. The van der Waals surface area contributed by atoms with Gasteiger partial charge in [-0.15, -0.1) is 0 Å². The number of hydrogen-bond donors (Lipinski definition) is 0. The molecule has 3 nitrogen and oxygen atoms in total. The second-order valence-corrected chi connectivity index (χ2v) is 6.11. The fourth-order valence-corrected chi connectivity index (χ4v) is 3.13. The molecule has 0 radical (unpaired) electrons. The van der Waals surface area contributed by atoms with Crippen LogP contribution in [0.5, 0.6) is 0 Å². The van der Waals surface area contributed by atoms with Gasteiger partial charge in [-0.3, -0.25) is 9.78 Å². The molecule has 0 saturated heterocycles. The molecule has 0 N–H and O–H groups in total. The van der Waals surface area contributed by atoms with Gasteiger partial charge < -0.3 is 4.90 Å². The molecule has 0 bridgehead atoms. The molecule has 3 rings (SSSR count). The SMILES string of the molecule is CCN(C(=O)C1CCC1)C(c1cccnc1)c1ccc(F)c(F)c1. The number of benzene rings is 1. The van der Waals surface area contributed by atoms with Crippen molar-refractivity contribution >= 4 is 5.91 Å². The van der Waals surface area contributed by atoms with Crippen LogP contribution in [0.2, 0.25) is 0 Å². The third kappa shape index (κ3) is 3.16. The van der Waals surface area contributed by atoms with E-state index in [1.807, 2.05) is 13.0 Å². The first-order valence-electron chi connectivity index (χ1n) is 8.27. The summed E-state index contributed by atoms with van der Waals surface area (Å²) in [7, 11) is 0. The summed E-state index contributed by atoms with van der Waals surface area (Å²) >= 11 is 0. The van der Waals surface area contributed by atoms with Crippen molar-refractivity contribution in [1.29, 1.82) is 0 Å². The lowest BCUT2D eigenvalue weighted by atomic mass is 9.83. The summed E-state index contributed by atoms with van der Waals surface area (Å²) in [5.41, 5.74) is 1.34. The molecular formula is C19H20F2N2O. The summed E-state index contributed by atoms with van der Waals surface area (Å²) in [4.78, 5) is 18.7. The van der Waals surface area contributed by atoms with Gasteiger partial charge in [-0.25, -0.2) is 8.78 Å². The number of amides is 1. The van der Waals surface area contributed by atoms with Gasteiger partial charge in [0.15, 0.2) is 11.6 Å². The molecule has 1 unspecified atom stereocenters. The van der Waals surface area contributed by atoms with Crippen LogP contribution in [-0.4, -0.2) is 22.3 Å². The lowest BCUT2D eigenvalue weighted by molar-refractivity contribution is -0.139. The molecule has 24 heavy (non-hydrogen) atoms. The van der Waals surface area contributed by atoms with E-state index in [9.17, 15) is 13.6 Å². The summed E-state index contributed by atoms with van der Waals surface area (Å²) in [6.07, 6.45) is 6.18. The van der Waals surface area contributed by atoms with Gasteiger partial charge in [0.1, 0.15) is 0 Å². The predicted octanol–water partition coefficient (Wildman–Crippen LogP) is 4.10. The molecule has 1 aliphatic rings. The van der Waals surface area contributed by atoms with Crippen LogP contribution in [0.3, 0.4) is 0 Å². The Kier molecular flexibility index (Phi) is 4.88.